The lowest BCUT2D eigenvalue weighted by Crippen LogP contribution is -2.18. The maximum Gasteiger partial charge on any atom is 0.119 e. The molecule has 0 spiro atoms. The van der Waals surface area contributed by atoms with Gasteiger partial charge < -0.3 is 10.5 Å². The fraction of sp³-hybridized carbons (Fsp3) is 0.333. The molecule has 0 heterocycles. The van der Waals surface area contributed by atoms with Crippen LogP contribution in [0.15, 0.2) is 30.9 Å². The summed E-state index contributed by atoms with van der Waals surface area (Å²) in [6, 6.07) is 5.71. The lowest BCUT2D eigenvalue weighted by atomic mass is 10.1. The molecule has 0 radical (unpaired) electrons. The topological polar surface area (TPSA) is 38.5 Å². The molecule has 82 valence electrons. The molecule has 0 aliphatic heterocycles. The zero-order valence-electron chi connectivity index (χ0n) is 9.36. The van der Waals surface area contributed by atoms with Gasteiger partial charge in [-0.25, -0.2) is 0 Å². The molecule has 0 amide bonds. The van der Waals surface area contributed by atoms with Gasteiger partial charge in [0.05, 0.1) is 7.11 Å². The summed E-state index contributed by atoms with van der Waals surface area (Å²) in [5.41, 5.74) is 7.76. The summed E-state index contributed by atoms with van der Waals surface area (Å²) < 4.78 is 5.16. The van der Waals surface area contributed by atoms with Crippen molar-refractivity contribution in [3.63, 3.8) is 0 Å². The molecule has 0 aliphatic rings. The second-order valence-corrected chi connectivity index (χ2v) is 3.55. The van der Waals surface area contributed by atoms with Gasteiger partial charge in [0.1, 0.15) is 5.75 Å². The molecule has 0 fully saturated rings. The number of rotatable bonds is 5. The second kappa shape index (κ2) is 5.41. The summed E-state index contributed by atoms with van der Waals surface area (Å²) >= 11 is 0. The van der Waals surface area contributed by atoms with E-state index in [0.717, 1.165) is 30.1 Å². The van der Waals surface area contributed by atoms with Gasteiger partial charge in [-0.05, 0) is 30.8 Å². The Morgan fingerprint density at radius 3 is 2.87 bits per heavy atom. The van der Waals surface area contributed by atoms with E-state index in [1.165, 1.54) is 0 Å². The molecule has 0 aliphatic carbocycles. The average Bonchev–Trinajstić information content (AvgIpc) is 2.21. The number of anilines is 1. The maximum absolute atomic E-state index is 5.88. The summed E-state index contributed by atoms with van der Waals surface area (Å²) in [6.07, 6.45) is 1.87. The van der Waals surface area contributed by atoms with Gasteiger partial charge in [0, 0.05) is 18.8 Å². The van der Waals surface area contributed by atoms with Crippen LogP contribution in [-0.2, 0) is 6.54 Å². The predicted octanol–water partition coefficient (Wildman–Crippen LogP) is 1.90. The zero-order chi connectivity index (χ0) is 11.3. The Morgan fingerprint density at radius 2 is 2.27 bits per heavy atom. The van der Waals surface area contributed by atoms with Gasteiger partial charge in [0.2, 0.25) is 0 Å². The Balaban J connectivity index is 2.78. The Morgan fingerprint density at radius 1 is 1.53 bits per heavy atom. The minimum absolute atomic E-state index is 0.798. The molecule has 0 saturated carbocycles. The number of benzene rings is 1. The molecule has 0 aromatic heterocycles. The minimum atomic E-state index is 0.798. The number of ether oxygens (including phenoxy) is 1. The first-order valence-corrected chi connectivity index (χ1v) is 4.89. The maximum atomic E-state index is 5.88. The summed E-state index contributed by atoms with van der Waals surface area (Å²) in [6.45, 7) is 5.35. The highest BCUT2D eigenvalue weighted by Gasteiger charge is 2.04. The molecule has 0 saturated heterocycles. The number of nitrogens with two attached hydrogens (primary N) is 1. The summed E-state index contributed by atoms with van der Waals surface area (Å²) in [5.74, 6) is 0.839. The van der Waals surface area contributed by atoms with Crippen molar-refractivity contribution < 1.29 is 4.74 Å². The summed E-state index contributed by atoms with van der Waals surface area (Å²) in [4.78, 5) is 2.14. The van der Waals surface area contributed by atoms with Crippen LogP contribution < -0.4 is 10.5 Å². The van der Waals surface area contributed by atoms with E-state index in [1.54, 1.807) is 7.11 Å². The number of hydrogen-bond donors (Lipinski definition) is 1. The molecule has 0 unspecified atom stereocenters. The van der Waals surface area contributed by atoms with Crippen LogP contribution in [0, 0.1) is 0 Å². The van der Waals surface area contributed by atoms with Crippen molar-refractivity contribution in [1.29, 1.82) is 0 Å². The monoisotopic (exact) mass is 206 g/mol. The van der Waals surface area contributed by atoms with E-state index in [1.807, 2.05) is 31.3 Å². The molecule has 0 bridgehead atoms. The van der Waals surface area contributed by atoms with Crippen LogP contribution in [0.5, 0.6) is 5.75 Å². The highest BCUT2D eigenvalue weighted by atomic mass is 16.5. The van der Waals surface area contributed by atoms with Gasteiger partial charge in [-0.3, -0.25) is 4.90 Å². The van der Waals surface area contributed by atoms with Gasteiger partial charge in [-0.2, -0.15) is 0 Å². The van der Waals surface area contributed by atoms with Crippen LogP contribution in [0.25, 0.3) is 0 Å². The van der Waals surface area contributed by atoms with Crippen molar-refractivity contribution >= 4 is 5.69 Å². The average molecular weight is 206 g/mol. The first-order chi connectivity index (χ1) is 7.17. The molecule has 15 heavy (non-hydrogen) atoms. The number of methoxy groups -OCH3 is 1. The zero-order valence-corrected chi connectivity index (χ0v) is 9.36. The lowest BCUT2D eigenvalue weighted by molar-refractivity contribution is 0.362. The van der Waals surface area contributed by atoms with Crippen LogP contribution in [0.4, 0.5) is 5.69 Å². The standard InChI is InChI=1S/C12H18N2O/c1-4-7-14(2)9-10-8-11(15-3)5-6-12(10)13/h4-6,8H,1,7,9,13H2,2-3H3. The molecule has 2 N–H and O–H groups in total. The van der Waals surface area contributed by atoms with E-state index >= 15 is 0 Å². The van der Waals surface area contributed by atoms with Crippen LogP contribution in [0.3, 0.4) is 0 Å². The van der Waals surface area contributed by atoms with E-state index in [-0.39, 0.29) is 0 Å². The van der Waals surface area contributed by atoms with Crippen LogP contribution >= 0.6 is 0 Å². The SMILES string of the molecule is C=CCN(C)Cc1cc(OC)ccc1N. The molecule has 1 aromatic carbocycles. The summed E-state index contributed by atoms with van der Waals surface area (Å²) in [5, 5.41) is 0. The third kappa shape index (κ3) is 3.29. The molecule has 3 nitrogen and oxygen atoms in total. The second-order valence-electron chi connectivity index (χ2n) is 3.55. The largest absolute Gasteiger partial charge is 0.497 e. The Hall–Kier alpha value is -1.48. The first kappa shape index (κ1) is 11.6. The quantitative estimate of drug-likeness (QED) is 0.590. The van der Waals surface area contributed by atoms with E-state index in [2.05, 4.69) is 11.5 Å². The fourth-order valence-electron chi connectivity index (χ4n) is 1.42. The van der Waals surface area contributed by atoms with Gasteiger partial charge in [0.15, 0.2) is 0 Å². The number of hydrogen-bond acceptors (Lipinski definition) is 3. The van der Waals surface area contributed by atoms with Crippen molar-refractivity contribution in [2.45, 2.75) is 6.54 Å². The number of nitrogens with zero attached hydrogens (tertiary/aromatic N) is 1. The molecule has 3 heteroatoms. The van der Waals surface area contributed by atoms with Gasteiger partial charge in [-0.15, -0.1) is 6.58 Å². The highest BCUT2D eigenvalue weighted by molar-refractivity contribution is 5.50. The lowest BCUT2D eigenvalue weighted by Gasteiger charge is -2.16. The van der Waals surface area contributed by atoms with Crippen molar-refractivity contribution in [2.24, 2.45) is 0 Å². The van der Waals surface area contributed by atoms with Gasteiger partial charge in [0.25, 0.3) is 0 Å². The van der Waals surface area contributed by atoms with E-state index in [4.69, 9.17) is 10.5 Å². The molecule has 0 atom stereocenters. The van der Waals surface area contributed by atoms with E-state index < -0.39 is 0 Å². The smallest absolute Gasteiger partial charge is 0.119 e. The third-order valence-electron chi connectivity index (χ3n) is 2.23. The van der Waals surface area contributed by atoms with Crippen LogP contribution in [-0.4, -0.2) is 25.6 Å². The van der Waals surface area contributed by atoms with Gasteiger partial charge >= 0.3 is 0 Å². The first-order valence-electron chi connectivity index (χ1n) is 4.89. The van der Waals surface area contributed by atoms with Crippen molar-refractivity contribution in [1.82, 2.24) is 4.90 Å². The number of likely N-dealkylation sites (N-methyl/N-ethyl adjacent to an activating group) is 1. The van der Waals surface area contributed by atoms with Crippen LogP contribution in [0.2, 0.25) is 0 Å². The fourth-order valence-corrected chi connectivity index (χ4v) is 1.42. The summed E-state index contributed by atoms with van der Waals surface area (Å²) in [7, 11) is 3.68. The van der Waals surface area contributed by atoms with E-state index in [0.29, 0.717) is 0 Å². The van der Waals surface area contributed by atoms with Crippen molar-refractivity contribution in [3.8, 4) is 5.75 Å². The Labute approximate surface area is 91.1 Å². The molecular weight excluding hydrogens is 188 g/mol. The Bertz CT molecular complexity index is 336. The molecule has 1 aromatic rings. The molecular formula is C12H18N2O. The van der Waals surface area contributed by atoms with Crippen LogP contribution in [0.1, 0.15) is 5.56 Å². The molecule has 1 rings (SSSR count). The van der Waals surface area contributed by atoms with Crippen molar-refractivity contribution in [3.05, 3.63) is 36.4 Å². The van der Waals surface area contributed by atoms with Gasteiger partial charge in [-0.1, -0.05) is 6.08 Å². The van der Waals surface area contributed by atoms with Crippen molar-refractivity contribution in [2.75, 3.05) is 26.4 Å². The Kier molecular flexibility index (Phi) is 4.18. The predicted molar refractivity (Wildman–Crippen MR) is 63.9 cm³/mol. The highest BCUT2D eigenvalue weighted by Crippen LogP contribution is 2.20. The number of nitrogen functional groups attached to an aromatic ring is 1. The third-order valence-corrected chi connectivity index (χ3v) is 2.23. The van der Waals surface area contributed by atoms with E-state index in [9.17, 15) is 0 Å². The normalized spacial score (nSPS) is 10.3. The minimum Gasteiger partial charge on any atom is -0.497 e.